The van der Waals surface area contributed by atoms with Crippen LogP contribution in [0.5, 0.6) is 5.75 Å². The number of nitrogens with zero attached hydrogens (tertiary/aromatic N) is 1. The van der Waals surface area contributed by atoms with E-state index in [9.17, 15) is 9.90 Å². The van der Waals surface area contributed by atoms with E-state index in [1.165, 1.54) is 5.56 Å². The summed E-state index contributed by atoms with van der Waals surface area (Å²) in [5.41, 5.74) is 3.01. The number of rotatable bonds is 12. The number of ether oxygens (including phenoxy) is 1. The third-order valence-corrected chi connectivity index (χ3v) is 5.84. The van der Waals surface area contributed by atoms with E-state index in [-0.39, 0.29) is 18.5 Å². The SMILES string of the molecule is CCC(=O)OCc1ccc(O)c(C(CCCCN(C(C)C)C(C)C)c2ccccc2)c1. The Morgan fingerprint density at radius 2 is 1.68 bits per heavy atom. The summed E-state index contributed by atoms with van der Waals surface area (Å²) >= 11 is 0. The summed E-state index contributed by atoms with van der Waals surface area (Å²) in [6.45, 7) is 12.1. The molecule has 31 heavy (non-hydrogen) atoms. The number of unbranched alkanes of at least 4 members (excludes halogenated alkanes) is 1. The van der Waals surface area contributed by atoms with E-state index in [2.05, 4.69) is 44.7 Å². The number of carbonyl (C=O) groups is 1. The van der Waals surface area contributed by atoms with Gasteiger partial charge in [0.2, 0.25) is 0 Å². The fraction of sp³-hybridized carbons (Fsp3) is 0.519. The molecule has 1 atom stereocenters. The van der Waals surface area contributed by atoms with Crippen molar-refractivity contribution in [1.82, 2.24) is 4.90 Å². The number of carbonyl (C=O) groups excluding carboxylic acids is 1. The van der Waals surface area contributed by atoms with Gasteiger partial charge in [-0.05, 0) is 70.3 Å². The highest BCUT2D eigenvalue weighted by atomic mass is 16.5. The van der Waals surface area contributed by atoms with E-state index in [0.29, 0.717) is 24.3 Å². The van der Waals surface area contributed by atoms with Crippen molar-refractivity contribution in [2.45, 2.75) is 84.9 Å². The number of esters is 1. The predicted molar refractivity (Wildman–Crippen MR) is 127 cm³/mol. The summed E-state index contributed by atoms with van der Waals surface area (Å²) in [5, 5.41) is 10.7. The van der Waals surface area contributed by atoms with E-state index in [0.717, 1.165) is 36.9 Å². The largest absolute Gasteiger partial charge is 0.508 e. The number of aromatic hydroxyl groups is 1. The van der Waals surface area contributed by atoms with Crippen molar-refractivity contribution in [3.63, 3.8) is 0 Å². The van der Waals surface area contributed by atoms with Crippen molar-refractivity contribution >= 4 is 5.97 Å². The predicted octanol–water partition coefficient (Wildman–Crippen LogP) is 6.27. The molecular weight excluding hydrogens is 386 g/mol. The molecule has 1 unspecified atom stereocenters. The number of hydrogen-bond acceptors (Lipinski definition) is 4. The minimum absolute atomic E-state index is 0.106. The van der Waals surface area contributed by atoms with Crippen LogP contribution < -0.4 is 0 Å². The quantitative estimate of drug-likeness (QED) is 0.322. The molecule has 2 rings (SSSR count). The highest BCUT2D eigenvalue weighted by Gasteiger charge is 2.19. The number of phenolic OH excluding ortho intramolecular Hbond substituents is 1. The third-order valence-electron chi connectivity index (χ3n) is 5.84. The maximum Gasteiger partial charge on any atom is 0.305 e. The van der Waals surface area contributed by atoms with Gasteiger partial charge in [-0.25, -0.2) is 0 Å². The second-order valence-corrected chi connectivity index (χ2v) is 8.79. The lowest BCUT2D eigenvalue weighted by molar-refractivity contribution is -0.144. The molecule has 4 heteroatoms. The van der Waals surface area contributed by atoms with Crippen LogP contribution in [0.3, 0.4) is 0 Å². The van der Waals surface area contributed by atoms with Gasteiger partial charge < -0.3 is 9.84 Å². The second-order valence-electron chi connectivity index (χ2n) is 8.79. The summed E-state index contributed by atoms with van der Waals surface area (Å²) in [7, 11) is 0. The smallest absolute Gasteiger partial charge is 0.305 e. The molecule has 0 fully saturated rings. The standard InChI is InChI=1S/C27H39NO3/c1-6-27(30)31-19-22-15-16-26(29)25(18-22)24(23-12-8-7-9-13-23)14-10-11-17-28(20(2)3)21(4)5/h7-9,12-13,15-16,18,20-21,24,29H,6,10-11,14,17,19H2,1-5H3. The van der Waals surface area contributed by atoms with Crippen LogP contribution in [0.4, 0.5) is 0 Å². The molecule has 0 aromatic heterocycles. The summed E-state index contributed by atoms with van der Waals surface area (Å²) < 4.78 is 5.30. The van der Waals surface area contributed by atoms with Crippen LogP contribution in [0, 0.1) is 0 Å². The number of hydrogen-bond donors (Lipinski definition) is 1. The van der Waals surface area contributed by atoms with Crippen LogP contribution in [0.25, 0.3) is 0 Å². The first kappa shape index (κ1) is 24.9. The minimum atomic E-state index is -0.214. The first-order valence-electron chi connectivity index (χ1n) is 11.6. The fourth-order valence-corrected chi connectivity index (χ4v) is 4.18. The van der Waals surface area contributed by atoms with E-state index in [4.69, 9.17) is 4.74 Å². The minimum Gasteiger partial charge on any atom is -0.508 e. The molecule has 0 spiro atoms. The van der Waals surface area contributed by atoms with E-state index < -0.39 is 0 Å². The molecule has 0 radical (unpaired) electrons. The van der Waals surface area contributed by atoms with Gasteiger partial charge in [-0.15, -0.1) is 0 Å². The number of benzene rings is 2. The summed E-state index contributed by atoms with van der Waals surface area (Å²) in [6, 6.07) is 17.0. The molecule has 1 N–H and O–H groups in total. The van der Waals surface area contributed by atoms with E-state index in [1.807, 2.05) is 30.3 Å². The van der Waals surface area contributed by atoms with E-state index >= 15 is 0 Å². The first-order valence-corrected chi connectivity index (χ1v) is 11.6. The molecule has 170 valence electrons. The Morgan fingerprint density at radius 3 is 2.29 bits per heavy atom. The molecule has 0 aliphatic heterocycles. The van der Waals surface area contributed by atoms with Crippen LogP contribution in [0.15, 0.2) is 48.5 Å². The zero-order valence-electron chi connectivity index (χ0n) is 19.8. The molecule has 2 aromatic rings. The topological polar surface area (TPSA) is 49.8 Å². The van der Waals surface area contributed by atoms with Crippen molar-refractivity contribution in [2.24, 2.45) is 0 Å². The molecule has 0 amide bonds. The van der Waals surface area contributed by atoms with Crippen LogP contribution in [-0.2, 0) is 16.1 Å². The van der Waals surface area contributed by atoms with Gasteiger partial charge in [-0.3, -0.25) is 9.69 Å². The zero-order valence-corrected chi connectivity index (χ0v) is 19.8. The Balaban J connectivity index is 2.16. The Kier molecular flexibility index (Phi) is 10.1. The monoisotopic (exact) mass is 425 g/mol. The third kappa shape index (κ3) is 7.70. The van der Waals surface area contributed by atoms with Crippen molar-refractivity contribution in [3.8, 4) is 5.75 Å². The highest BCUT2D eigenvalue weighted by Crippen LogP contribution is 2.36. The lowest BCUT2D eigenvalue weighted by atomic mass is 9.85. The molecule has 0 saturated heterocycles. The average molecular weight is 426 g/mol. The summed E-state index contributed by atoms with van der Waals surface area (Å²) in [5.74, 6) is 0.189. The molecule has 2 aromatic carbocycles. The Bertz CT molecular complexity index is 793. The normalized spacial score (nSPS) is 12.5. The van der Waals surface area contributed by atoms with Gasteiger partial charge in [0.1, 0.15) is 12.4 Å². The van der Waals surface area contributed by atoms with Crippen molar-refractivity contribution < 1.29 is 14.6 Å². The lowest BCUT2D eigenvalue weighted by Crippen LogP contribution is -2.37. The zero-order chi connectivity index (χ0) is 22.8. The van der Waals surface area contributed by atoms with Crippen LogP contribution in [-0.4, -0.2) is 34.6 Å². The molecule has 4 nitrogen and oxygen atoms in total. The van der Waals surface area contributed by atoms with Crippen molar-refractivity contribution in [1.29, 1.82) is 0 Å². The van der Waals surface area contributed by atoms with Gasteiger partial charge in [-0.2, -0.15) is 0 Å². The van der Waals surface area contributed by atoms with Crippen LogP contribution in [0.2, 0.25) is 0 Å². The van der Waals surface area contributed by atoms with Gasteiger partial charge in [0.15, 0.2) is 0 Å². The maximum absolute atomic E-state index is 11.5. The molecule has 0 bridgehead atoms. The van der Waals surface area contributed by atoms with Crippen molar-refractivity contribution in [2.75, 3.05) is 6.54 Å². The maximum atomic E-state index is 11.5. The molecule has 0 saturated carbocycles. The van der Waals surface area contributed by atoms with Gasteiger partial charge in [0.25, 0.3) is 0 Å². The average Bonchev–Trinajstić information content (AvgIpc) is 2.75. The van der Waals surface area contributed by atoms with Crippen LogP contribution in [0.1, 0.15) is 82.9 Å². The molecule has 0 aliphatic rings. The summed E-state index contributed by atoms with van der Waals surface area (Å²) in [6.07, 6.45) is 3.51. The first-order chi connectivity index (χ1) is 14.8. The molecule has 0 aliphatic carbocycles. The van der Waals surface area contributed by atoms with Crippen LogP contribution >= 0.6 is 0 Å². The Labute approximate surface area is 188 Å². The van der Waals surface area contributed by atoms with Gasteiger partial charge >= 0.3 is 5.97 Å². The molecule has 0 heterocycles. The number of phenols is 1. The second kappa shape index (κ2) is 12.5. The Hall–Kier alpha value is -2.33. The molecular formula is C27H39NO3. The van der Waals surface area contributed by atoms with Gasteiger partial charge in [0.05, 0.1) is 0 Å². The van der Waals surface area contributed by atoms with Gasteiger partial charge in [0, 0.05) is 30.0 Å². The lowest BCUT2D eigenvalue weighted by Gasteiger charge is -2.30. The van der Waals surface area contributed by atoms with E-state index in [1.54, 1.807) is 13.0 Å². The highest BCUT2D eigenvalue weighted by molar-refractivity contribution is 5.68. The Morgan fingerprint density at radius 1 is 1.00 bits per heavy atom. The fourth-order valence-electron chi connectivity index (χ4n) is 4.18. The summed E-state index contributed by atoms with van der Waals surface area (Å²) in [4.78, 5) is 14.1. The van der Waals surface area contributed by atoms with Crippen molar-refractivity contribution in [3.05, 3.63) is 65.2 Å². The van der Waals surface area contributed by atoms with Gasteiger partial charge in [-0.1, -0.05) is 49.7 Å².